The molecular weight excluding hydrogens is 542 g/mol. The number of ketones is 1. The van der Waals surface area contributed by atoms with Gasteiger partial charge in [-0.3, -0.25) is 19.4 Å². The van der Waals surface area contributed by atoms with Gasteiger partial charge in [0.15, 0.2) is 0 Å². The molecule has 2 aromatic carbocycles. The number of H-pyrrole nitrogens is 1. The summed E-state index contributed by atoms with van der Waals surface area (Å²) in [5, 5.41) is 8.75. The Morgan fingerprint density at radius 3 is 2.46 bits per heavy atom. The van der Waals surface area contributed by atoms with Crippen molar-refractivity contribution >= 4 is 27.4 Å². The summed E-state index contributed by atoms with van der Waals surface area (Å²) >= 11 is 0. The van der Waals surface area contributed by atoms with Gasteiger partial charge >= 0.3 is 5.97 Å². The van der Waals surface area contributed by atoms with Gasteiger partial charge in [0.05, 0.1) is 26.7 Å². The Bertz CT molecular complexity index is 1680. The number of amides is 1. The van der Waals surface area contributed by atoms with Crippen LogP contribution in [0.5, 0.6) is 11.5 Å². The number of Topliss-reactive ketones (excluding diaryl/α,β-unsaturated/α-hetero) is 1. The van der Waals surface area contributed by atoms with Crippen molar-refractivity contribution in [3.05, 3.63) is 101 Å². The number of aromatic amines is 1. The van der Waals surface area contributed by atoms with E-state index in [1.54, 1.807) is 36.5 Å². The molecule has 2 aromatic heterocycles. The SMILES string of the molecule is Cc1cccc(CC(=O)Cc2ccc(Oc3ccnc(-c4cc(C(=O)N=S(C)(=O)CCCC(=O)O)c[nH]4)c3)cc2)c1. The summed E-state index contributed by atoms with van der Waals surface area (Å²) in [7, 11) is -2.85. The number of aromatic nitrogens is 2. The number of aliphatic carboxylic acids is 1. The number of carbonyl (C=O) groups excluding carboxylic acids is 2. The first-order valence-corrected chi connectivity index (χ1v) is 15.1. The van der Waals surface area contributed by atoms with E-state index in [2.05, 4.69) is 14.3 Å². The van der Waals surface area contributed by atoms with E-state index in [-0.39, 0.29) is 29.9 Å². The highest BCUT2D eigenvalue weighted by Crippen LogP contribution is 2.26. The van der Waals surface area contributed by atoms with Crippen LogP contribution in [0, 0.1) is 6.92 Å². The number of ether oxygens (including phenoxy) is 1. The molecule has 0 fully saturated rings. The van der Waals surface area contributed by atoms with Gasteiger partial charge in [-0.2, -0.15) is 4.36 Å². The minimum Gasteiger partial charge on any atom is -0.481 e. The van der Waals surface area contributed by atoms with Gasteiger partial charge in [-0.05, 0) is 48.7 Å². The predicted molar refractivity (Wildman–Crippen MR) is 157 cm³/mol. The number of rotatable bonds is 12. The molecule has 2 N–H and O–H groups in total. The molecule has 0 saturated carbocycles. The van der Waals surface area contributed by atoms with Crippen molar-refractivity contribution in [3.8, 4) is 22.9 Å². The molecule has 0 spiro atoms. The van der Waals surface area contributed by atoms with Gasteiger partial charge in [0.25, 0.3) is 5.91 Å². The molecule has 9 nitrogen and oxygen atoms in total. The first-order chi connectivity index (χ1) is 19.6. The fourth-order valence-corrected chi connectivity index (χ4v) is 5.43. The Labute approximate surface area is 238 Å². The quantitative estimate of drug-likeness (QED) is 0.224. The summed E-state index contributed by atoms with van der Waals surface area (Å²) in [5.74, 6) is -0.356. The van der Waals surface area contributed by atoms with Crippen LogP contribution in [0.15, 0.2) is 83.5 Å². The molecule has 41 heavy (non-hydrogen) atoms. The molecule has 0 aliphatic rings. The number of nitrogens with zero attached hydrogens (tertiary/aromatic N) is 2. The number of hydrogen-bond donors (Lipinski definition) is 2. The van der Waals surface area contributed by atoms with Gasteiger partial charge in [-0.15, -0.1) is 0 Å². The van der Waals surface area contributed by atoms with Crippen molar-refractivity contribution in [2.75, 3.05) is 12.0 Å². The number of pyridine rings is 1. The van der Waals surface area contributed by atoms with Crippen LogP contribution < -0.4 is 4.74 Å². The van der Waals surface area contributed by atoms with Crippen LogP contribution in [0.25, 0.3) is 11.4 Å². The van der Waals surface area contributed by atoms with Crippen LogP contribution in [0.2, 0.25) is 0 Å². The maximum absolute atomic E-state index is 12.6. The second-order valence-corrected chi connectivity index (χ2v) is 12.4. The number of carboxylic acid groups (broad SMARTS) is 1. The Kier molecular flexibility index (Phi) is 9.46. The molecular formula is C31H31N3O6S. The monoisotopic (exact) mass is 573 g/mol. The highest BCUT2D eigenvalue weighted by Gasteiger charge is 2.14. The number of carbonyl (C=O) groups is 3. The van der Waals surface area contributed by atoms with Crippen LogP contribution in [-0.4, -0.2) is 49.0 Å². The van der Waals surface area contributed by atoms with Crippen LogP contribution in [0.4, 0.5) is 0 Å². The molecule has 212 valence electrons. The summed E-state index contributed by atoms with van der Waals surface area (Å²) in [5.41, 5.74) is 4.33. The van der Waals surface area contributed by atoms with Crippen LogP contribution in [0.3, 0.4) is 0 Å². The molecule has 0 radical (unpaired) electrons. The lowest BCUT2D eigenvalue weighted by Crippen LogP contribution is -2.08. The van der Waals surface area contributed by atoms with E-state index in [9.17, 15) is 18.6 Å². The smallest absolute Gasteiger partial charge is 0.303 e. The van der Waals surface area contributed by atoms with E-state index in [1.165, 1.54) is 12.5 Å². The summed E-state index contributed by atoms with van der Waals surface area (Å²) in [6, 6.07) is 20.3. The minimum atomic E-state index is -2.85. The average Bonchev–Trinajstić information content (AvgIpc) is 3.40. The number of benzene rings is 2. The zero-order chi connectivity index (χ0) is 29.4. The molecule has 1 amide bonds. The fourth-order valence-electron chi connectivity index (χ4n) is 4.20. The molecule has 4 rings (SSSR count). The lowest BCUT2D eigenvalue weighted by Gasteiger charge is -2.08. The second-order valence-electron chi connectivity index (χ2n) is 9.86. The molecule has 0 bridgehead atoms. The number of nitrogens with one attached hydrogen (secondary N) is 1. The normalized spacial score (nSPS) is 12.3. The third-order valence-corrected chi connectivity index (χ3v) is 7.77. The van der Waals surface area contributed by atoms with Crippen molar-refractivity contribution in [1.29, 1.82) is 0 Å². The molecule has 4 aromatic rings. The van der Waals surface area contributed by atoms with Gasteiger partial charge in [-0.25, -0.2) is 4.21 Å². The van der Waals surface area contributed by atoms with Crippen molar-refractivity contribution in [2.24, 2.45) is 4.36 Å². The third-order valence-electron chi connectivity index (χ3n) is 6.17. The largest absolute Gasteiger partial charge is 0.481 e. The molecule has 0 saturated heterocycles. The molecule has 10 heteroatoms. The molecule has 1 unspecified atom stereocenters. The van der Waals surface area contributed by atoms with E-state index in [1.807, 2.05) is 43.3 Å². The molecule has 0 aliphatic carbocycles. The van der Waals surface area contributed by atoms with Gasteiger partial charge in [-0.1, -0.05) is 42.0 Å². The summed E-state index contributed by atoms with van der Waals surface area (Å²) in [6.45, 7) is 2.01. The minimum absolute atomic E-state index is 0.0218. The van der Waals surface area contributed by atoms with E-state index in [4.69, 9.17) is 9.84 Å². The lowest BCUT2D eigenvalue weighted by atomic mass is 10.0. The fraction of sp³-hybridized carbons (Fsp3) is 0.226. The number of hydrogen-bond acceptors (Lipinski definition) is 6. The topological polar surface area (TPSA) is 139 Å². The van der Waals surface area contributed by atoms with E-state index in [0.29, 0.717) is 35.7 Å². The first kappa shape index (κ1) is 29.4. The lowest BCUT2D eigenvalue weighted by molar-refractivity contribution is -0.137. The molecule has 1 atom stereocenters. The van der Waals surface area contributed by atoms with E-state index >= 15 is 0 Å². The first-order valence-electron chi connectivity index (χ1n) is 13.0. The van der Waals surface area contributed by atoms with E-state index < -0.39 is 21.6 Å². The maximum atomic E-state index is 12.6. The van der Waals surface area contributed by atoms with Crippen LogP contribution in [0.1, 0.15) is 39.9 Å². The summed E-state index contributed by atoms with van der Waals surface area (Å²) < 4.78 is 22.4. The zero-order valence-electron chi connectivity index (χ0n) is 22.8. The van der Waals surface area contributed by atoms with Gasteiger partial charge in [0.2, 0.25) is 0 Å². The Morgan fingerprint density at radius 1 is 0.976 bits per heavy atom. The maximum Gasteiger partial charge on any atom is 0.303 e. The number of carboxylic acids is 1. The van der Waals surface area contributed by atoms with Gasteiger partial charge in [0.1, 0.15) is 17.3 Å². The Hall–Kier alpha value is -4.57. The van der Waals surface area contributed by atoms with Gasteiger partial charge in [0, 0.05) is 49.7 Å². The van der Waals surface area contributed by atoms with Crippen molar-refractivity contribution in [1.82, 2.24) is 9.97 Å². The Morgan fingerprint density at radius 2 is 1.73 bits per heavy atom. The average molecular weight is 574 g/mol. The molecule has 0 aliphatic heterocycles. The standard InChI is InChI=1S/C31H31N3O6S/c1-21-5-3-6-23(15-21)17-25(35)16-22-8-10-26(11-9-22)40-27-12-13-32-29(19-27)28-18-24(20-33-28)31(38)34-41(2,39)14-4-7-30(36)37/h3,5-6,8-13,15,18-20,33H,4,7,14,16-17H2,1-2H3,(H,36,37). The van der Waals surface area contributed by atoms with Crippen molar-refractivity contribution in [3.63, 3.8) is 0 Å². The predicted octanol–water partition coefficient (Wildman–Crippen LogP) is 5.63. The second kappa shape index (κ2) is 13.2. The Balaban J connectivity index is 1.37. The summed E-state index contributed by atoms with van der Waals surface area (Å²) in [6.07, 6.45) is 5.15. The third kappa shape index (κ3) is 8.97. The van der Waals surface area contributed by atoms with Crippen LogP contribution >= 0.6 is 0 Å². The highest BCUT2D eigenvalue weighted by molar-refractivity contribution is 7.93. The van der Waals surface area contributed by atoms with E-state index in [0.717, 1.165) is 16.7 Å². The summed E-state index contributed by atoms with van der Waals surface area (Å²) in [4.78, 5) is 43.1. The van der Waals surface area contributed by atoms with Gasteiger partial charge < -0.3 is 14.8 Å². The van der Waals surface area contributed by atoms with Crippen molar-refractivity contribution < 1.29 is 28.4 Å². The zero-order valence-corrected chi connectivity index (χ0v) is 23.6. The van der Waals surface area contributed by atoms with Crippen LogP contribution in [-0.2, 0) is 32.2 Å². The highest BCUT2D eigenvalue weighted by atomic mass is 32.2. The van der Waals surface area contributed by atoms with Crippen molar-refractivity contribution in [2.45, 2.75) is 32.6 Å². The molecule has 2 heterocycles. The number of aryl methyl sites for hydroxylation is 1.